The highest BCUT2D eigenvalue weighted by molar-refractivity contribution is 5.92. The summed E-state index contributed by atoms with van der Waals surface area (Å²) in [5.41, 5.74) is 2.01. The van der Waals surface area contributed by atoms with Gasteiger partial charge in [-0.25, -0.2) is 0 Å². The van der Waals surface area contributed by atoms with E-state index in [1.165, 1.54) is 0 Å². The van der Waals surface area contributed by atoms with Crippen molar-refractivity contribution in [1.82, 2.24) is 4.90 Å². The molecule has 19 heavy (non-hydrogen) atoms. The molecule has 1 amide bonds. The summed E-state index contributed by atoms with van der Waals surface area (Å²) in [5.74, 6) is 0.0342. The minimum absolute atomic E-state index is 0.0342. The minimum atomic E-state index is 0.0342. The summed E-state index contributed by atoms with van der Waals surface area (Å²) in [4.78, 5) is 14.2. The second-order valence-electron chi connectivity index (χ2n) is 5.37. The number of hydrogen-bond acceptors (Lipinski definition) is 3. The number of benzene rings is 1. The Hall–Kier alpha value is -1.39. The van der Waals surface area contributed by atoms with E-state index in [1.54, 1.807) is 0 Å². The van der Waals surface area contributed by atoms with Crippen LogP contribution in [-0.2, 0) is 9.53 Å². The molecule has 0 radical (unpaired) electrons. The standard InChI is InChI=1S/C15H22N2O2/c1-11-5-4-6-14(7-11)16-15(18)10-17-8-12(2)19-13(3)9-17/h4-7,12-13H,8-10H2,1-3H3,(H,16,18)/t12-,13-/m0/s1. The lowest BCUT2D eigenvalue weighted by Gasteiger charge is -2.34. The van der Waals surface area contributed by atoms with Crippen LogP contribution < -0.4 is 5.32 Å². The number of rotatable bonds is 3. The lowest BCUT2D eigenvalue weighted by Crippen LogP contribution is -2.48. The maximum absolute atomic E-state index is 12.0. The average Bonchev–Trinajstić information content (AvgIpc) is 2.26. The molecule has 0 aliphatic carbocycles. The summed E-state index contributed by atoms with van der Waals surface area (Å²) >= 11 is 0. The largest absolute Gasteiger partial charge is 0.373 e. The average molecular weight is 262 g/mol. The van der Waals surface area contributed by atoms with Crippen molar-refractivity contribution < 1.29 is 9.53 Å². The highest BCUT2D eigenvalue weighted by atomic mass is 16.5. The van der Waals surface area contributed by atoms with Gasteiger partial charge < -0.3 is 10.1 Å². The van der Waals surface area contributed by atoms with Crippen molar-refractivity contribution in [3.05, 3.63) is 29.8 Å². The van der Waals surface area contributed by atoms with Gasteiger partial charge in [0.25, 0.3) is 0 Å². The molecule has 4 nitrogen and oxygen atoms in total. The van der Waals surface area contributed by atoms with Gasteiger partial charge in [0.1, 0.15) is 0 Å². The molecule has 1 heterocycles. The van der Waals surface area contributed by atoms with E-state index in [4.69, 9.17) is 4.74 Å². The van der Waals surface area contributed by atoms with Crippen molar-refractivity contribution in [3.8, 4) is 0 Å². The van der Waals surface area contributed by atoms with Crippen LogP contribution in [0.3, 0.4) is 0 Å². The van der Waals surface area contributed by atoms with Crippen LogP contribution in [0, 0.1) is 6.92 Å². The zero-order chi connectivity index (χ0) is 13.8. The number of amides is 1. The molecule has 2 atom stereocenters. The number of hydrogen-bond donors (Lipinski definition) is 1. The fourth-order valence-corrected chi connectivity index (χ4v) is 2.54. The smallest absolute Gasteiger partial charge is 0.238 e. The molecule has 1 aromatic carbocycles. The molecule has 0 unspecified atom stereocenters. The molecule has 1 aromatic rings. The Balaban J connectivity index is 1.87. The van der Waals surface area contributed by atoms with Gasteiger partial charge in [0.2, 0.25) is 5.91 Å². The van der Waals surface area contributed by atoms with Crippen molar-refractivity contribution in [2.45, 2.75) is 33.0 Å². The first-order chi connectivity index (χ1) is 9.02. The van der Waals surface area contributed by atoms with Gasteiger partial charge in [-0.15, -0.1) is 0 Å². The molecule has 1 aliphatic rings. The van der Waals surface area contributed by atoms with E-state index in [1.807, 2.05) is 45.0 Å². The summed E-state index contributed by atoms with van der Waals surface area (Å²) < 4.78 is 5.66. The second-order valence-corrected chi connectivity index (χ2v) is 5.37. The van der Waals surface area contributed by atoms with Gasteiger partial charge in [-0.1, -0.05) is 12.1 Å². The topological polar surface area (TPSA) is 41.6 Å². The van der Waals surface area contributed by atoms with Crippen molar-refractivity contribution in [3.63, 3.8) is 0 Å². The first-order valence-corrected chi connectivity index (χ1v) is 6.77. The Morgan fingerprint density at radius 1 is 1.37 bits per heavy atom. The Labute approximate surface area is 114 Å². The summed E-state index contributed by atoms with van der Waals surface area (Å²) in [7, 11) is 0. The molecule has 0 spiro atoms. The van der Waals surface area contributed by atoms with Gasteiger partial charge in [0, 0.05) is 18.8 Å². The molecular formula is C15H22N2O2. The fourth-order valence-electron chi connectivity index (χ4n) is 2.54. The lowest BCUT2D eigenvalue weighted by atomic mass is 10.2. The molecular weight excluding hydrogens is 240 g/mol. The minimum Gasteiger partial charge on any atom is -0.373 e. The van der Waals surface area contributed by atoms with Crippen LogP contribution in [0.1, 0.15) is 19.4 Å². The quantitative estimate of drug-likeness (QED) is 0.906. The number of ether oxygens (including phenoxy) is 1. The molecule has 0 aromatic heterocycles. The number of carbonyl (C=O) groups is 1. The van der Waals surface area contributed by atoms with Crippen LogP contribution in [0.5, 0.6) is 0 Å². The van der Waals surface area contributed by atoms with E-state index in [9.17, 15) is 4.79 Å². The number of carbonyl (C=O) groups excluding carboxylic acids is 1. The third kappa shape index (κ3) is 4.33. The molecule has 1 fully saturated rings. The predicted molar refractivity (Wildman–Crippen MR) is 76.3 cm³/mol. The maximum atomic E-state index is 12.0. The highest BCUT2D eigenvalue weighted by Crippen LogP contribution is 2.12. The summed E-state index contributed by atoms with van der Waals surface area (Å²) in [6.07, 6.45) is 0.381. The number of nitrogens with one attached hydrogen (secondary N) is 1. The molecule has 2 rings (SSSR count). The molecule has 1 aliphatic heterocycles. The first-order valence-electron chi connectivity index (χ1n) is 6.77. The van der Waals surface area contributed by atoms with Crippen molar-refractivity contribution in [2.75, 3.05) is 25.0 Å². The van der Waals surface area contributed by atoms with Crippen LogP contribution in [0.4, 0.5) is 5.69 Å². The van der Waals surface area contributed by atoms with E-state index in [-0.39, 0.29) is 18.1 Å². The van der Waals surface area contributed by atoms with Gasteiger partial charge in [0.05, 0.1) is 18.8 Å². The van der Waals surface area contributed by atoms with Crippen molar-refractivity contribution in [1.29, 1.82) is 0 Å². The Bertz CT molecular complexity index is 438. The van der Waals surface area contributed by atoms with Gasteiger partial charge >= 0.3 is 0 Å². The first kappa shape index (κ1) is 14.0. The molecule has 0 saturated carbocycles. The van der Waals surface area contributed by atoms with Crippen molar-refractivity contribution in [2.24, 2.45) is 0 Å². The van der Waals surface area contributed by atoms with E-state index in [0.29, 0.717) is 6.54 Å². The third-order valence-corrected chi connectivity index (χ3v) is 3.16. The van der Waals surface area contributed by atoms with Gasteiger partial charge in [-0.05, 0) is 38.5 Å². The monoisotopic (exact) mass is 262 g/mol. The Kier molecular flexibility index (Phi) is 4.56. The van der Waals surface area contributed by atoms with Crippen LogP contribution >= 0.6 is 0 Å². The zero-order valence-electron chi connectivity index (χ0n) is 11.8. The number of morpholine rings is 1. The second kappa shape index (κ2) is 6.17. The highest BCUT2D eigenvalue weighted by Gasteiger charge is 2.23. The molecule has 104 valence electrons. The predicted octanol–water partition coefficient (Wildman–Crippen LogP) is 2.04. The van der Waals surface area contributed by atoms with E-state index >= 15 is 0 Å². The molecule has 1 N–H and O–H groups in total. The van der Waals surface area contributed by atoms with Crippen molar-refractivity contribution >= 4 is 11.6 Å². The van der Waals surface area contributed by atoms with Gasteiger partial charge in [-0.3, -0.25) is 9.69 Å². The van der Waals surface area contributed by atoms with E-state index in [0.717, 1.165) is 24.3 Å². The number of anilines is 1. The number of nitrogens with zero attached hydrogens (tertiary/aromatic N) is 1. The molecule has 0 bridgehead atoms. The lowest BCUT2D eigenvalue weighted by molar-refractivity contribution is -0.121. The Morgan fingerprint density at radius 3 is 2.68 bits per heavy atom. The summed E-state index contributed by atoms with van der Waals surface area (Å²) in [5, 5.41) is 2.94. The van der Waals surface area contributed by atoms with E-state index < -0.39 is 0 Å². The Morgan fingerprint density at radius 2 is 2.05 bits per heavy atom. The SMILES string of the molecule is Cc1cccc(NC(=O)CN2C[C@H](C)O[C@@H](C)C2)c1. The van der Waals surface area contributed by atoms with Crippen LogP contribution in [0.15, 0.2) is 24.3 Å². The normalized spacial score (nSPS) is 24.2. The third-order valence-electron chi connectivity index (χ3n) is 3.16. The fraction of sp³-hybridized carbons (Fsp3) is 0.533. The van der Waals surface area contributed by atoms with Crippen LogP contribution in [0.2, 0.25) is 0 Å². The maximum Gasteiger partial charge on any atom is 0.238 e. The summed E-state index contributed by atoms with van der Waals surface area (Å²) in [6, 6.07) is 7.85. The molecule has 4 heteroatoms. The zero-order valence-corrected chi connectivity index (χ0v) is 11.8. The van der Waals surface area contributed by atoms with Gasteiger partial charge in [0.15, 0.2) is 0 Å². The van der Waals surface area contributed by atoms with E-state index in [2.05, 4.69) is 10.2 Å². The number of aryl methyl sites for hydroxylation is 1. The van der Waals surface area contributed by atoms with Crippen LogP contribution in [0.25, 0.3) is 0 Å². The molecule has 1 saturated heterocycles. The van der Waals surface area contributed by atoms with Gasteiger partial charge in [-0.2, -0.15) is 0 Å². The summed E-state index contributed by atoms with van der Waals surface area (Å²) in [6.45, 7) is 8.15. The van der Waals surface area contributed by atoms with Crippen LogP contribution in [-0.4, -0.2) is 42.6 Å².